The van der Waals surface area contributed by atoms with Gasteiger partial charge < -0.3 is 9.80 Å². The fourth-order valence-corrected chi connectivity index (χ4v) is 2.53. The number of carbonyl (C=O) groups is 1. The van der Waals surface area contributed by atoms with Crippen molar-refractivity contribution in [1.82, 2.24) is 9.80 Å². The van der Waals surface area contributed by atoms with E-state index < -0.39 is 0 Å². The van der Waals surface area contributed by atoms with E-state index in [9.17, 15) is 4.79 Å². The second-order valence-electron chi connectivity index (χ2n) is 6.81. The minimum absolute atomic E-state index is 0. The van der Waals surface area contributed by atoms with Crippen LogP contribution in [0.25, 0.3) is 0 Å². The molecule has 4 heteroatoms. The first-order valence-corrected chi connectivity index (χ1v) is 8.38. The summed E-state index contributed by atoms with van der Waals surface area (Å²) in [6.45, 7) is 11.5. The minimum Gasteiger partial charge on any atom is -0.345 e. The molecule has 0 N–H and O–H groups in total. The second-order valence-corrected chi connectivity index (χ2v) is 6.81. The quantitative estimate of drug-likeness (QED) is 0.582. The van der Waals surface area contributed by atoms with Crippen LogP contribution in [0.1, 0.15) is 84.7 Å². The Morgan fingerprint density at radius 2 is 1.35 bits per heavy atom. The SMILES string of the molecule is C.C.C.CC(C)N1CCCC1.CC(C)c1ccc(C(=O)N(C)C)cc1.[Y]. The average Bonchev–Trinajstić information content (AvgIpc) is 3.01. The van der Waals surface area contributed by atoms with Crippen LogP contribution in [0.4, 0.5) is 0 Å². The minimum atomic E-state index is 0. The molecule has 0 unspecified atom stereocenters. The first-order chi connectivity index (χ1) is 10.3. The van der Waals surface area contributed by atoms with Crippen LogP contribution in [0, 0.1) is 0 Å². The maximum Gasteiger partial charge on any atom is 0.253 e. The van der Waals surface area contributed by atoms with Gasteiger partial charge in [-0.3, -0.25) is 4.79 Å². The summed E-state index contributed by atoms with van der Waals surface area (Å²) in [6, 6.07) is 8.58. The molecule has 2 rings (SSSR count). The Hall–Kier alpha value is -0.246. The summed E-state index contributed by atoms with van der Waals surface area (Å²) >= 11 is 0. The van der Waals surface area contributed by atoms with Gasteiger partial charge in [0.15, 0.2) is 0 Å². The zero-order valence-electron chi connectivity index (χ0n) is 15.7. The molecule has 26 heavy (non-hydrogen) atoms. The molecule has 1 aliphatic rings. The van der Waals surface area contributed by atoms with E-state index in [2.05, 4.69) is 32.6 Å². The number of nitrogens with zero attached hydrogens (tertiary/aromatic N) is 2. The molecule has 1 aromatic rings. The van der Waals surface area contributed by atoms with Gasteiger partial charge in [-0.05, 0) is 63.4 Å². The summed E-state index contributed by atoms with van der Waals surface area (Å²) in [7, 11) is 3.53. The van der Waals surface area contributed by atoms with Crippen LogP contribution in [-0.4, -0.2) is 48.9 Å². The molecule has 3 nitrogen and oxygen atoms in total. The number of hydrogen-bond acceptors (Lipinski definition) is 2. The van der Waals surface area contributed by atoms with E-state index in [1.54, 1.807) is 19.0 Å². The third-order valence-electron chi connectivity index (χ3n) is 4.10. The molecule has 0 atom stereocenters. The molecular weight excluding hydrogens is 397 g/mol. The molecule has 0 bridgehead atoms. The fraction of sp³-hybridized carbons (Fsp3) is 0.682. The summed E-state index contributed by atoms with van der Waals surface area (Å²) in [5, 5.41) is 0. The Morgan fingerprint density at radius 3 is 1.62 bits per heavy atom. The first kappa shape index (κ1) is 33.3. The Bertz CT molecular complexity index is 450. The van der Waals surface area contributed by atoms with E-state index in [4.69, 9.17) is 0 Å². The summed E-state index contributed by atoms with van der Waals surface area (Å²) in [6.07, 6.45) is 2.83. The van der Waals surface area contributed by atoms with Crippen LogP contribution < -0.4 is 0 Å². The first-order valence-electron chi connectivity index (χ1n) is 8.38. The van der Waals surface area contributed by atoms with Gasteiger partial charge >= 0.3 is 0 Å². The predicted octanol–water partition coefficient (Wildman–Crippen LogP) is 5.91. The van der Waals surface area contributed by atoms with Crippen molar-refractivity contribution in [1.29, 1.82) is 0 Å². The number of rotatable bonds is 3. The van der Waals surface area contributed by atoms with Gasteiger partial charge in [0.1, 0.15) is 0 Å². The molecule has 0 aliphatic carbocycles. The summed E-state index contributed by atoms with van der Waals surface area (Å²) in [4.78, 5) is 15.7. The van der Waals surface area contributed by atoms with Crippen molar-refractivity contribution in [2.45, 2.75) is 74.8 Å². The zero-order valence-corrected chi connectivity index (χ0v) is 18.5. The summed E-state index contributed by atoms with van der Waals surface area (Å²) in [5.41, 5.74) is 2.01. The van der Waals surface area contributed by atoms with Gasteiger partial charge in [0.05, 0.1) is 0 Å². The number of carbonyl (C=O) groups excluding carboxylic acids is 1. The van der Waals surface area contributed by atoms with Crippen molar-refractivity contribution in [2.24, 2.45) is 0 Å². The molecule has 151 valence electrons. The normalized spacial score (nSPS) is 12.6. The average molecular weight is 442 g/mol. The van der Waals surface area contributed by atoms with Crippen molar-refractivity contribution in [3.8, 4) is 0 Å². The van der Waals surface area contributed by atoms with Crippen molar-refractivity contribution in [3.05, 3.63) is 35.4 Å². The van der Waals surface area contributed by atoms with Crippen molar-refractivity contribution >= 4 is 5.91 Å². The number of benzene rings is 1. The predicted molar refractivity (Wildman–Crippen MR) is 115 cm³/mol. The van der Waals surface area contributed by atoms with Crippen LogP contribution in [0.3, 0.4) is 0 Å². The smallest absolute Gasteiger partial charge is 0.253 e. The third kappa shape index (κ3) is 11.5. The van der Waals surface area contributed by atoms with Crippen molar-refractivity contribution in [2.75, 3.05) is 27.2 Å². The molecule has 1 amide bonds. The van der Waals surface area contributed by atoms with E-state index in [1.165, 1.54) is 31.5 Å². The Balaban J connectivity index is -0.000000177. The molecule has 0 aromatic heterocycles. The maximum atomic E-state index is 11.6. The van der Waals surface area contributed by atoms with Gasteiger partial charge in [0, 0.05) is 58.4 Å². The van der Waals surface area contributed by atoms with E-state index in [0.717, 1.165) is 11.6 Å². The fourth-order valence-electron chi connectivity index (χ4n) is 2.53. The maximum absolute atomic E-state index is 11.6. The van der Waals surface area contributed by atoms with Crippen LogP contribution in [0.15, 0.2) is 24.3 Å². The molecule has 1 heterocycles. The van der Waals surface area contributed by atoms with Gasteiger partial charge in [-0.25, -0.2) is 0 Å². The molecule has 1 radical (unpaired) electrons. The second kappa shape index (κ2) is 16.9. The standard InChI is InChI=1S/C12H17NO.C7H15N.3CH4.Y/c1-9(2)10-5-7-11(8-6-10)12(14)13(3)4;1-7(2)8-5-3-4-6-8;;;;/h5-9H,1-4H3;7H,3-6H2,1-2H3;3*1H4;. The Kier molecular flexibility index (Phi) is 21.7. The van der Waals surface area contributed by atoms with Crippen LogP contribution in [-0.2, 0) is 32.7 Å². The number of hydrogen-bond donors (Lipinski definition) is 0. The molecule has 1 fully saturated rings. The van der Waals surface area contributed by atoms with E-state index in [1.807, 2.05) is 24.3 Å². The monoisotopic (exact) mass is 441 g/mol. The molecule has 0 spiro atoms. The van der Waals surface area contributed by atoms with E-state index >= 15 is 0 Å². The zero-order chi connectivity index (χ0) is 16.7. The van der Waals surface area contributed by atoms with Gasteiger partial charge in [-0.15, -0.1) is 0 Å². The Morgan fingerprint density at radius 1 is 0.923 bits per heavy atom. The number of likely N-dealkylation sites (tertiary alicyclic amines) is 1. The molecule has 1 aromatic carbocycles. The van der Waals surface area contributed by atoms with E-state index in [-0.39, 0.29) is 60.9 Å². The molecular formula is C22H44N2OY. The van der Waals surface area contributed by atoms with Crippen molar-refractivity contribution in [3.63, 3.8) is 0 Å². The summed E-state index contributed by atoms with van der Waals surface area (Å²) in [5.74, 6) is 0.568. The van der Waals surface area contributed by atoms with Gasteiger partial charge in [0.25, 0.3) is 5.91 Å². The van der Waals surface area contributed by atoms with Crippen molar-refractivity contribution < 1.29 is 37.5 Å². The van der Waals surface area contributed by atoms with Gasteiger partial charge in [-0.1, -0.05) is 48.3 Å². The van der Waals surface area contributed by atoms with Crippen LogP contribution in [0.2, 0.25) is 0 Å². The van der Waals surface area contributed by atoms with Crippen LogP contribution in [0.5, 0.6) is 0 Å². The third-order valence-corrected chi connectivity index (χ3v) is 4.10. The van der Waals surface area contributed by atoms with Gasteiger partial charge in [0.2, 0.25) is 0 Å². The van der Waals surface area contributed by atoms with Gasteiger partial charge in [-0.2, -0.15) is 0 Å². The molecule has 1 aliphatic heterocycles. The largest absolute Gasteiger partial charge is 0.345 e. The molecule has 1 saturated heterocycles. The van der Waals surface area contributed by atoms with E-state index in [0.29, 0.717) is 5.92 Å². The Labute approximate surface area is 189 Å². The van der Waals surface area contributed by atoms with Crippen LogP contribution >= 0.6 is 0 Å². The topological polar surface area (TPSA) is 23.6 Å². The summed E-state index contributed by atoms with van der Waals surface area (Å²) < 4.78 is 0. The number of amides is 1. The molecule has 0 saturated carbocycles.